The summed E-state index contributed by atoms with van der Waals surface area (Å²) in [6.45, 7) is 3.16. The Bertz CT molecular complexity index is 1170. The number of methoxy groups -OCH3 is 1. The van der Waals surface area contributed by atoms with Gasteiger partial charge in [0.15, 0.2) is 0 Å². The number of piperidine rings is 1. The number of H-pyrrole nitrogens is 2. The number of aryl methyl sites for hydroxylation is 1. The SMILES string of the molecule is COc1cccc2[nH]c(C(=O)N3CCC4(CCc5c4nc(C)[nH]c5=O)CC3)cc12. The molecule has 1 spiro atoms. The van der Waals surface area contributed by atoms with Gasteiger partial charge in [-0.05, 0) is 50.8 Å². The van der Waals surface area contributed by atoms with Crippen LogP contribution < -0.4 is 10.3 Å². The van der Waals surface area contributed by atoms with E-state index in [9.17, 15) is 9.59 Å². The summed E-state index contributed by atoms with van der Waals surface area (Å²) in [5, 5.41) is 0.912. The first kappa shape index (κ1) is 18.0. The lowest BCUT2D eigenvalue weighted by molar-refractivity contribution is 0.0658. The van der Waals surface area contributed by atoms with E-state index in [0.717, 1.165) is 53.6 Å². The first-order valence-corrected chi connectivity index (χ1v) is 10.1. The van der Waals surface area contributed by atoms with Crippen molar-refractivity contribution in [1.82, 2.24) is 19.9 Å². The molecule has 7 heteroatoms. The maximum Gasteiger partial charge on any atom is 0.270 e. The van der Waals surface area contributed by atoms with Gasteiger partial charge in [0.25, 0.3) is 11.5 Å². The van der Waals surface area contributed by atoms with Gasteiger partial charge >= 0.3 is 0 Å². The van der Waals surface area contributed by atoms with Crippen LogP contribution in [0.15, 0.2) is 29.1 Å². The van der Waals surface area contributed by atoms with E-state index in [0.29, 0.717) is 24.6 Å². The van der Waals surface area contributed by atoms with E-state index in [2.05, 4.69) is 15.0 Å². The van der Waals surface area contributed by atoms with Gasteiger partial charge in [0.2, 0.25) is 0 Å². The normalized spacial score (nSPS) is 17.7. The number of likely N-dealkylation sites (tertiary alicyclic amines) is 1. The van der Waals surface area contributed by atoms with Crippen molar-refractivity contribution < 1.29 is 9.53 Å². The number of hydrogen-bond acceptors (Lipinski definition) is 4. The van der Waals surface area contributed by atoms with Crippen LogP contribution >= 0.6 is 0 Å². The number of carbonyl (C=O) groups excluding carboxylic acids is 1. The predicted octanol–water partition coefficient (Wildman–Crippen LogP) is 2.69. The highest BCUT2D eigenvalue weighted by atomic mass is 16.5. The molecular formula is C22H24N4O3. The van der Waals surface area contributed by atoms with E-state index in [1.165, 1.54) is 0 Å². The second kappa shape index (κ2) is 6.47. The molecule has 2 N–H and O–H groups in total. The number of fused-ring (bicyclic) bond motifs is 3. The molecule has 1 saturated heterocycles. The van der Waals surface area contributed by atoms with Crippen molar-refractivity contribution in [2.24, 2.45) is 0 Å². The number of aromatic amines is 2. The Morgan fingerprint density at radius 1 is 1.21 bits per heavy atom. The van der Waals surface area contributed by atoms with E-state index in [4.69, 9.17) is 4.74 Å². The van der Waals surface area contributed by atoms with Gasteiger partial charge in [-0.15, -0.1) is 0 Å². The quantitative estimate of drug-likeness (QED) is 0.702. The van der Waals surface area contributed by atoms with Crippen molar-refractivity contribution in [3.05, 3.63) is 57.4 Å². The van der Waals surface area contributed by atoms with Crippen LogP contribution in [0.3, 0.4) is 0 Å². The van der Waals surface area contributed by atoms with Crippen LogP contribution in [-0.4, -0.2) is 46.0 Å². The minimum Gasteiger partial charge on any atom is -0.496 e. The lowest BCUT2D eigenvalue weighted by Crippen LogP contribution is -2.45. The molecule has 0 radical (unpaired) electrons. The standard InChI is InChI=1S/C22H24N4O3/c1-13-23-19-14(20(27)24-13)6-7-22(19)8-10-26(11-9-22)21(28)17-12-15-16(25-17)4-3-5-18(15)29-2/h3-5,12,25H,6-11H2,1-2H3,(H,23,24,27). The van der Waals surface area contributed by atoms with Crippen molar-refractivity contribution in [1.29, 1.82) is 0 Å². The van der Waals surface area contributed by atoms with Crippen LogP contribution in [0, 0.1) is 6.92 Å². The highest BCUT2D eigenvalue weighted by Gasteiger charge is 2.44. The second-order valence-corrected chi connectivity index (χ2v) is 8.16. The molecule has 7 nitrogen and oxygen atoms in total. The Morgan fingerprint density at radius 2 is 2.00 bits per heavy atom. The van der Waals surface area contributed by atoms with E-state index in [1.54, 1.807) is 7.11 Å². The summed E-state index contributed by atoms with van der Waals surface area (Å²) in [7, 11) is 1.63. The summed E-state index contributed by atoms with van der Waals surface area (Å²) in [6, 6.07) is 7.62. The second-order valence-electron chi connectivity index (χ2n) is 8.16. The Balaban J connectivity index is 1.38. The first-order valence-electron chi connectivity index (χ1n) is 10.1. The maximum absolute atomic E-state index is 13.1. The predicted molar refractivity (Wildman–Crippen MR) is 110 cm³/mol. The fourth-order valence-corrected chi connectivity index (χ4v) is 4.98. The number of rotatable bonds is 2. The zero-order valence-electron chi connectivity index (χ0n) is 16.7. The fraction of sp³-hybridized carbons (Fsp3) is 0.409. The number of benzene rings is 1. The molecule has 0 saturated carbocycles. The molecular weight excluding hydrogens is 368 g/mol. The molecule has 1 aliphatic heterocycles. The van der Waals surface area contributed by atoms with E-state index in [1.807, 2.05) is 36.1 Å². The third-order valence-corrected chi connectivity index (χ3v) is 6.57. The summed E-state index contributed by atoms with van der Waals surface area (Å²) in [6.07, 6.45) is 3.39. The maximum atomic E-state index is 13.1. The highest BCUT2D eigenvalue weighted by molar-refractivity contribution is 5.99. The lowest BCUT2D eigenvalue weighted by Gasteiger charge is -2.39. The van der Waals surface area contributed by atoms with E-state index < -0.39 is 0 Å². The fourth-order valence-electron chi connectivity index (χ4n) is 4.98. The van der Waals surface area contributed by atoms with Gasteiger partial charge in [-0.2, -0.15) is 0 Å². The molecule has 3 aromatic rings. The van der Waals surface area contributed by atoms with Gasteiger partial charge in [0.1, 0.15) is 17.3 Å². The van der Waals surface area contributed by atoms with Gasteiger partial charge in [0.05, 0.1) is 12.8 Å². The third-order valence-electron chi connectivity index (χ3n) is 6.57. The molecule has 1 fully saturated rings. The first-order chi connectivity index (χ1) is 14.0. The Labute approximate surface area is 168 Å². The number of amides is 1. The molecule has 0 bridgehead atoms. The molecule has 2 aromatic heterocycles. The van der Waals surface area contributed by atoms with Gasteiger partial charge in [-0.1, -0.05) is 6.07 Å². The molecule has 5 rings (SSSR count). The molecule has 0 atom stereocenters. The number of carbonyl (C=O) groups is 1. The average Bonchev–Trinajstić information content (AvgIpc) is 3.30. The van der Waals surface area contributed by atoms with Gasteiger partial charge in [0, 0.05) is 35.0 Å². The van der Waals surface area contributed by atoms with Crippen LogP contribution in [0.4, 0.5) is 0 Å². The van der Waals surface area contributed by atoms with Gasteiger partial charge in [-0.3, -0.25) is 9.59 Å². The number of nitrogens with one attached hydrogen (secondary N) is 2. The summed E-state index contributed by atoms with van der Waals surface area (Å²) in [5.74, 6) is 1.43. The summed E-state index contributed by atoms with van der Waals surface area (Å²) in [5.41, 5.74) is 3.19. The monoisotopic (exact) mass is 392 g/mol. The Morgan fingerprint density at radius 3 is 2.76 bits per heavy atom. The topological polar surface area (TPSA) is 91.1 Å². The molecule has 0 unspecified atom stereocenters. The van der Waals surface area contributed by atoms with Gasteiger partial charge < -0.3 is 19.6 Å². The molecule has 1 aliphatic carbocycles. The number of aromatic nitrogens is 3. The molecule has 150 valence electrons. The summed E-state index contributed by atoms with van der Waals surface area (Å²) < 4.78 is 5.40. The van der Waals surface area contributed by atoms with Crippen LogP contribution in [0.2, 0.25) is 0 Å². The average molecular weight is 392 g/mol. The zero-order valence-corrected chi connectivity index (χ0v) is 16.7. The van der Waals surface area contributed by atoms with Crippen molar-refractivity contribution in [3.63, 3.8) is 0 Å². The lowest BCUT2D eigenvalue weighted by atomic mass is 9.76. The number of hydrogen-bond donors (Lipinski definition) is 2. The minimum atomic E-state index is -0.0746. The summed E-state index contributed by atoms with van der Waals surface area (Å²) in [4.78, 5) is 38.0. The van der Waals surface area contributed by atoms with Crippen molar-refractivity contribution in [2.75, 3.05) is 20.2 Å². The van der Waals surface area contributed by atoms with Crippen molar-refractivity contribution >= 4 is 16.8 Å². The van der Waals surface area contributed by atoms with Crippen LogP contribution in [0.25, 0.3) is 10.9 Å². The number of nitrogens with zero attached hydrogens (tertiary/aromatic N) is 2. The van der Waals surface area contributed by atoms with E-state index in [-0.39, 0.29) is 16.9 Å². The van der Waals surface area contributed by atoms with Crippen LogP contribution in [0.1, 0.15) is 46.8 Å². The van der Waals surface area contributed by atoms with E-state index >= 15 is 0 Å². The van der Waals surface area contributed by atoms with Crippen molar-refractivity contribution in [3.8, 4) is 5.75 Å². The highest BCUT2D eigenvalue weighted by Crippen LogP contribution is 2.44. The minimum absolute atomic E-state index is 0.00472. The molecule has 2 aliphatic rings. The molecule has 1 aromatic carbocycles. The smallest absolute Gasteiger partial charge is 0.270 e. The molecule has 29 heavy (non-hydrogen) atoms. The van der Waals surface area contributed by atoms with Gasteiger partial charge in [-0.25, -0.2) is 4.98 Å². The Kier molecular flexibility index (Phi) is 4.01. The zero-order chi connectivity index (χ0) is 20.2. The largest absolute Gasteiger partial charge is 0.496 e. The molecule has 1 amide bonds. The number of ether oxygens (including phenoxy) is 1. The van der Waals surface area contributed by atoms with Crippen molar-refractivity contribution in [2.45, 2.75) is 38.0 Å². The summed E-state index contributed by atoms with van der Waals surface area (Å²) >= 11 is 0. The van der Waals surface area contributed by atoms with Crippen LogP contribution in [0.5, 0.6) is 5.75 Å². The molecule has 3 heterocycles. The van der Waals surface area contributed by atoms with Crippen LogP contribution in [-0.2, 0) is 11.8 Å². The third kappa shape index (κ3) is 2.75. The Hall–Kier alpha value is -3.09.